The number of isothiocyanates is 1. The van der Waals surface area contributed by atoms with E-state index in [1.807, 2.05) is 0 Å². The summed E-state index contributed by atoms with van der Waals surface area (Å²) >= 11 is 4.27. The molecule has 0 aliphatic heterocycles. The van der Waals surface area contributed by atoms with Crippen molar-refractivity contribution in [1.29, 1.82) is 0 Å². The van der Waals surface area contributed by atoms with Gasteiger partial charge in [-0.25, -0.2) is 0 Å². The predicted octanol–water partition coefficient (Wildman–Crippen LogP) is 0.998. The molecule has 0 aliphatic carbocycles. The van der Waals surface area contributed by atoms with Gasteiger partial charge in [0.25, 0.3) is 0 Å². The van der Waals surface area contributed by atoms with Gasteiger partial charge in [0.2, 0.25) is 0 Å². The highest BCUT2D eigenvalue weighted by atomic mass is 32.1. The van der Waals surface area contributed by atoms with Crippen molar-refractivity contribution in [2.24, 2.45) is 4.99 Å². The van der Waals surface area contributed by atoms with E-state index in [1.165, 1.54) is 6.92 Å². The molecular weight excluding hydrogens is 138 g/mol. The van der Waals surface area contributed by atoms with Gasteiger partial charge in [-0.1, -0.05) is 0 Å². The summed E-state index contributed by atoms with van der Waals surface area (Å²) in [5.74, 6) is -0.364. The SMILES string of the molecule is CC(=O)OC(C)N=C=S. The second-order valence-electron chi connectivity index (χ2n) is 1.43. The van der Waals surface area contributed by atoms with Gasteiger partial charge < -0.3 is 4.74 Å². The van der Waals surface area contributed by atoms with Crippen molar-refractivity contribution in [3.8, 4) is 0 Å². The molecule has 1 unspecified atom stereocenters. The lowest BCUT2D eigenvalue weighted by Gasteiger charge is -2.01. The highest BCUT2D eigenvalue weighted by molar-refractivity contribution is 7.78. The molecule has 0 bridgehead atoms. The van der Waals surface area contributed by atoms with Crippen molar-refractivity contribution in [3.05, 3.63) is 0 Å². The van der Waals surface area contributed by atoms with Gasteiger partial charge in [-0.05, 0) is 19.1 Å². The third-order valence-electron chi connectivity index (χ3n) is 0.571. The maximum Gasteiger partial charge on any atom is 0.304 e. The fraction of sp³-hybridized carbons (Fsp3) is 0.600. The average Bonchev–Trinajstić information content (AvgIpc) is 1.63. The maximum atomic E-state index is 10.2. The molecule has 3 nitrogen and oxygen atoms in total. The number of hydrogen-bond acceptors (Lipinski definition) is 4. The van der Waals surface area contributed by atoms with Gasteiger partial charge in [0.1, 0.15) is 0 Å². The topological polar surface area (TPSA) is 38.7 Å². The molecule has 0 aromatic heterocycles. The Hall–Kier alpha value is -0.730. The lowest BCUT2D eigenvalue weighted by Crippen LogP contribution is -2.08. The van der Waals surface area contributed by atoms with E-state index in [-0.39, 0.29) is 5.97 Å². The summed E-state index contributed by atoms with van der Waals surface area (Å²) < 4.78 is 4.56. The molecule has 0 heterocycles. The fourth-order valence-electron chi connectivity index (χ4n) is 0.341. The van der Waals surface area contributed by atoms with E-state index in [0.29, 0.717) is 0 Å². The Bertz CT molecular complexity index is 151. The monoisotopic (exact) mass is 145 g/mol. The smallest absolute Gasteiger partial charge is 0.304 e. The second-order valence-corrected chi connectivity index (χ2v) is 1.61. The van der Waals surface area contributed by atoms with E-state index in [1.54, 1.807) is 6.92 Å². The van der Waals surface area contributed by atoms with Crippen molar-refractivity contribution in [2.75, 3.05) is 0 Å². The van der Waals surface area contributed by atoms with Crippen LogP contribution >= 0.6 is 12.2 Å². The number of ether oxygens (including phenoxy) is 1. The molecule has 1 atom stereocenters. The van der Waals surface area contributed by atoms with Crippen LogP contribution in [0.25, 0.3) is 0 Å². The number of aliphatic imine (C=N–C) groups is 1. The second kappa shape index (κ2) is 4.18. The molecule has 0 spiro atoms. The number of thiocarbonyl (C=S) groups is 1. The van der Waals surface area contributed by atoms with Crippen LogP contribution in [-0.4, -0.2) is 17.4 Å². The number of hydrogen-bond donors (Lipinski definition) is 0. The Morgan fingerprint density at radius 2 is 2.44 bits per heavy atom. The van der Waals surface area contributed by atoms with Gasteiger partial charge in [0.05, 0.1) is 5.16 Å². The van der Waals surface area contributed by atoms with Crippen LogP contribution in [0.2, 0.25) is 0 Å². The van der Waals surface area contributed by atoms with Gasteiger partial charge in [0.15, 0.2) is 6.23 Å². The molecule has 0 radical (unpaired) electrons. The van der Waals surface area contributed by atoms with Crippen LogP contribution in [0.3, 0.4) is 0 Å². The van der Waals surface area contributed by atoms with Gasteiger partial charge in [-0.3, -0.25) is 4.79 Å². The molecule has 0 aliphatic rings. The fourth-order valence-corrected chi connectivity index (χ4v) is 0.489. The zero-order valence-corrected chi connectivity index (χ0v) is 6.07. The van der Waals surface area contributed by atoms with E-state index >= 15 is 0 Å². The molecule has 4 heteroatoms. The first-order valence-electron chi connectivity index (χ1n) is 2.41. The van der Waals surface area contributed by atoms with Crippen LogP contribution in [0.15, 0.2) is 4.99 Å². The Balaban J connectivity index is 3.62. The van der Waals surface area contributed by atoms with Gasteiger partial charge in [-0.2, -0.15) is 4.99 Å². The largest absolute Gasteiger partial charge is 0.439 e. The van der Waals surface area contributed by atoms with E-state index in [2.05, 4.69) is 27.1 Å². The van der Waals surface area contributed by atoms with Gasteiger partial charge in [-0.15, -0.1) is 0 Å². The Morgan fingerprint density at radius 1 is 1.89 bits per heavy atom. The van der Waals surface area contributed by atoms with Gasteiger partial charge in [0, 0.05) is 6.92 Å². The normalized spacial score (nSPS) is 11.3. The Morgan fingerprint density at radius 3 is 2.78 bits per heavy atom. The number of carbonyl (C=O) groups excluding carboxylic acids is 1. The third-order valence-corrected chi connectivity index (χ3v) is 0.676. The number of carbonyl (C=O) groups is 1. The molecule has 50 valence electrons. The number of nitrogens with zero attached hydrogens (tertiary/aromatic N) is 1. The number of rotatable bonds is 2. The van der Waals surface area contributed by atoms with Crippen LogP contribution < -0.4 is 0 Å². The highest BCUT2D eigenvalue weighted by Crippen LogP contribution is 1.89. The molecule has 0 N–H and O–H groups in total. The molecule has 0 amide bonds. The van der Waals surface area contributed by atoms with Crippen LogP contribution in [0.1, 0.15) is 13.8 Å². The van der Waals surface area contributed by atoms with Crippen LogP contribution in [0, 0.1) is 0 Å². The van der Waals surface area contributed by atoms with Crippen LogP contribution in [-0.2, 0) is 9.53 Å². The molecular formula is C5H7NO2S. The molecule has 0 aromatic carbocycles. The van der Waals surface area contributed by atoms with Crippen molar-refractivity contribution in [3.63, 3.8) is 0 Å². The quantitative estimate of drug-likeness (QED) is 0.330. The summed E-state index contributed by atoms with van der Waals surface area (Å²) in [5.41, 5.74) is 0. The van der Waals surface area contributed by atoms with Crippen molar-refractivity contribution in [2.45, 2.75) is 20.1 Å². The first kappa shape index (κ1) is 8.27. The molecule has 0 aromatic rings. The first-order chi connectivity index (χ1) is 4.16. The standard InChI is InChI=1S/C5H7NO2S/c1-4(6-3-9)8-5(2)7/h4H,1-2H3. The third kappa shape index (κ3) is 5.14. The van der Waals surface area contributed by atoms with Crippen LogP contribution in [0.5, 0.6) is 0 Å². The summed E-state index contributed by atoms with van der Waals surface area (Å²) in [6.07, 6.45) is -0.500. The van der Waals surface area contributed by atoms with Crippen LogP contribution in [0.4, 0.5) is 0 Å². The molecule has 0 saturated carbocycles. The zero-order chi connectivity index (χ0) is 7.28. The minimum Gasteiger partial charge on any atom is -0.439 e. The summed E-state index contributed by atoms with van der Waals surface area (Å²) in [6.45, 7) is 2.93. The number of esters is 1. The zero-order valence-electron chi connectivity index (χ0n) is 5.25. The Labute approximate surface area is 58.7 Å². The molecule has 0 fully saturated rings. The highest BCUT2D eigenvalue weighted by Gasteiger charge is 1.98. The lowest BCUT2D eigenvalue weighted by molar-refractivity contribution is -0.144. The maximum absolute atomic E-state index is 10.2. The summed E-state index contributed by atoms with van der Waals surface area (Å²) in [7, 11) is 0. The van der Waals surface area contributed by atoms with Crippen molar-refractivity contribution in [1.82, 2.24) is 0 Å². The van der Waals surface area contributed by atoms with Crippen molar-refractivity contribution < 1.29 is 9.53 Å². The van der Waals surface area contributed by atoms with E-state index in [0.717, 1.165) is 0 Å². The van der Waals surface area contributed by atoms with E-state index in [4.69, 9.17) is 0 Å². The Kier molecular flexibility index (Phi) is 3.84. The minimum absolute atomic E-state index is 0.364. The van der Waals surface area contributed by atoms with Gasteiger partial charge >= 0.3 is 5.97 Å². The van der Waals surface area contributed by atoms with Crippen molar-refractivity contribution >= 4 is 23.3 Å². The average molecular weight is 145 g/mol. The minimum atomic E-state index is -0.500. The molecule has 9 heavy (non-hydrogen) atoms. The summed E-state index contributed by atoms with van der Waals surface area (Å²) in [4.78, 5) is 13.7. The molecule has 0 rings (SSSR count). The van der Waals surface area contributed by atoms with E-state index in [9.17, 15) is 4.79 Å². The molecule has 0 saturated heterocycles. The van der Waals surface area contributed by atoms with E-state index < -0.39 is 6.23 Å². The first-order valence-corrected chi connectivity index (χ1v) is 2.82. The summed E-state index contributed by atoms with van der Waals surface area (Å²) in [6, 6.07) is 0. The lowest BCUT2D eigenvalue weighted by atomic mass is 10.7. The predicted molar refractivity (Wildman–Crippen MR) is 36.3 cm³/mol. The summed E-state index contributed by atoms with van der Waals surface area (Å²) in [5, 5.41) is 2.10.